The molecule has 0 aromatic heterocycles. The van der Waals surface area contributed by atoms with Gasteiger partial charge in [-0.05, 0) is 37.3 Å². The molecule has 1 aromatic carbocycles. The molecule has 0 unspecified atom stereocenters. The van der Waals surface area contributed by atoms with Gasteiger partial charge in [0.2, 0.25) is 0 Å². The standard InChI is InChI=1S/C16H24N2O/c1-2-6-16(18-9-3-4-10-18)14(5-1)13-17-15-7-11-19-12-8-15/h1-2,5-6,15,17H,3-4,7-13H2. The summed E-state index contributed by atoms with van der Waals surface area (Å²) in [6.45, 7) is 5.23. The van der Waals surface area contributed by atoms with Crippen molar-refractivity contribution in [3.05, 3.63) is 29.8 Å². The molecule has 0 amide bonds. The third-order valence-electron chi connectivity index (χ3n) is 4.24. The SMILES string of the molecule is c1ccc(N2CCCC2)c(CNC2CCOCC2)c1. The van der Waals surface area contributed by atoms with Gasteiger partial charge in [0.25, 0.3) is 0 Å². The van der Waals surface area contributed by atoms with Crippen LogP contribution in [-0.2, 0) is 11.3 Å². The number of nitrogens with zero attached hydrogens (tertiary/aromatic N) is 1. The van der Waals surface area contributed by atoms with E-state index in [0.717, 1.165) is 32.6 Å². The van der Waals surface area contributed by atoms with Gasteiger partial charge >= 0.3 is 0 Å². The highest BCUT2D eigenvalue weighted by Gasteiger charge is 2.17. The Morgan fingerprint density at radius 2 is 1.84 bits per heavy atom. The smallest absolute Gasteiger partial charge is 0.0480 e. The molecule has 1 N–H and O–H groups in total. The van der Waals surface area contributed by atoms with E-state index in [1.807, 2.05) is 0 Å². The van der Waals surface area contributed by atoms with Crippen molar-refractivity contribution in [1.29, 1.82) is 0 Å². The zero-order chi connectivity index (χ0) is 12.9. The monoisotopic (exact) mass is 260 g/mol. The van der Waals surface area contributed by atoms with Gasteiger partial charge in [-0.2, -0.15) is 0 Å². The number of hydrogen-bond acceptors (Lipinski definition) is 3. The summed E-state index contributed by atoms with van der Waals surface area (Å²) in [4.78, 5) is 2.53. The van der Waals surface area contributed by atoms with Gasteiger partial charge in [0.15, 0.2) is 0 Å². The third kappa shape index (κ3) is 3.28. The van der Waals surface area contributed by atoms with Crippen molar-refractivity contribution in [2.45, 2.75) is 38.3 Å². The van der Waals surface area contributed by atoms with Crippen LogP contribution in [0.2, 0.25) is 0 Å². The highest BCUT2D eigenvalue weighted by molar-refractivity contribution is 5.54. The minimum atomic E-state index is 0.625. The van der Waals surface area contributed by atoms with Crippen molar-refractivity contribution in [3.63, 3.8) is 0 Å². The minimum absolute atomic E-state index is 0.625. The minimum Gasteiger partial charge on any atom is -0.381 e. The lowest BCUT2D eigenvalue weighted by Crippen LogP contribution is -2.34. The first-order chi connectivity index (χ1) is 9.43. The van der Waals surface area contributed by atoms with Gasteiger partial charge in [0, 0.05) is 44.6 Å². The first-order valence-electron chi connectivity index (χ1n) is 7.57. The topological polar surface area (TPSA) is 24.5 Å². The molecule has 2 fully saturated rings. The van der Waals surface area contributed by atoms with Crippen molar-refractivity contribution in [2.75, 3.05) is 31.2 Å². The summed E-state index contributed by atoms with van der Waals surface area (Å²) >= 11 is 0. The van der Waals surface area contributed by atoms with Gasteiger partial charge in [0.05, 0.1) is 0 Å². The second kappa shape index (κ2) is 6.40. The molecular weight excluding hydrogens is 236 g/mol. The predicted octanol–water partition coefficient (Wildman–Crippen LogP) is 2.56. The van der Waals surface area contributed by atoms with Crippen LogP contribution in [0.25, 0.3) is 0 Å². The van der Waals surface area contributed by atoms with Crippen molar-refractivity contribution < 1.29 is 4.74 Å². The molecule has 3 heteroatoms. The van der Waals surface area contributed by atoms with Gasteiger partial charge in [-0.1, -0.05) is 18.2 Å². The molecule has 104 valence electrons. The van der Waals surface area contributed by atoms with E-state index in [1.165, 1.54) is 37.2 Å². The quantitative estimate of drug-likeness (QED) is 0.900. The molecule has 0 aliphatic carbocycles. The summed E-state index contributed by atoms with van der Waals surface area (Å²) in [5.41, 5.74) is 2.87. The maximum atomic E-state index is 5.41. The Kier molecular flexibility index (Phi) is 4.36. The van der Waals surface area contributed by atoms with Crippen molar-refractivity contribution in [3.8, 4) is 0 Å². The first kappa shape index (κ1) is 12.9. The highest BCUT2D eigenvalue weighted by atomic mass is 16.5. The summed E-state index contributed by atoms with van der Waals surface area (Å²) in [6.07, 6.45) is 4.96. The lowest BCUT2D eigenvalue weighted by Gasteiger charge is -2.25. The van der Waals surface area contributed by atoms with Crippen LogP contribution in [0.4, 0.5) is 5.69 Å². The molecule has 3 rings (SSSR count). The second-order valence-corrected chi connectivity index (χ2v) is 5.59. The number of anilines is 1. The van der Waals surface area contributed by atoms with Crippen LogP contribution in [0.1, 0.15) is 31.2 Å². The van der Waals surface area contributed by atoms with E-state index in [2.05, 4.69) is 34.5 Å². The molecule has 0 radical (unpaired) electrons. The summed E-state index contributed by atoms with van der Waals surface area (Å²) in [6, 6.07) is 9.47. The maximum Gasteiger partial charge on any atom is 0.0480 e. The molecule has 2 aliphatic heterocycles. The third-order valence-corrected chi connectivity index (χ3v) is 4.24. The largest absolute Gasteiger partial charge is 0.381 e. The van der Waals surface area contributed by atoms with Gasteiger partial charge in [-0.25, -0.2) is 0 Å². The van der Waals surface area contributed by atoms with E-state index in [4.69, 9.17) is 4.74 Å². The first-order valence-corrected chi connectivity index (χ1v) is 7.57. The van der Waals surface area contributed by atoms with Gasteiger partial charge in [-0.15, -0.1) is 0 Å². The molecule has 2 heterocycles. The van der Waals surface area contributed by atoms with Crippen LogP contribution in [0, 0.1) is 0 Å². The predicted molar refractivity (Wildman–Crippen MR) is 78.6 cm³/mol. The highest BCUT2D eigenvalue weighted by Crippen LogP contribution is 2.24. The van der Waals surface area contributed by atoms with E-state index in [0.29, 0.717) is 6.04 Å². The van der Waals surface area contributed by atoms with E-state index < -0.39 is 0 Å². The van der Waals surface area contributed by atoms with E-state index >= 15 is 0 Å². The van der Waals surface area contributed by atoms with Gasteiger partial charge in [-0.3, -0.25) is 0 Å². The van der Waals surface area contributed by atoms with Crippen LogP contribution >= 0.6 is 0 Å². The second-order valence-electron chi connectivity index (χ2n) is 5.59. The Balaban J connectivity index is 1.62. The zero-order valence-corrected chi connectivity index (χ0v) is 11.6. The molecule has 19 heavy (non-hydrogen) atoms. The number of benzene rings is 1. The van der Waals surface area contributed by atoms with E-state index in [-0.39, 0.29) is 0 Å². The molecule has 0 saturated carbocycles. The fourth-order valence-corrected chi connectivity index (χ4v) is 3.08. The van der Waals surface area contributed by atoms with Crippen LogP contribution in [0.15, 0.2) is 24.3 Å². The molecule has 0 bridgehead atoms. The van der Waals surface area contributed by atoms with Crippen LogP contribution in [0.5, 0.6) is 0 Å². The lowest BCUT2D eigenvalue weighted by molar-refractivity contribution is 0.0776. The number of ether oxygens (including phenoxy) is 1. The summed E-state index contributed by atoms with van der Waals surface area (Å²) < 4.78 is 5.41. The van der Waals surface area contributed by atoms with Crippen molar-refractivity contribution >= 4 is 5.69 Å². The molecule has 1 aromatic rings. The number of hydrogen-bond donors (Lipinski definition) is 1. The zero-order valence-electron chi connectivity index (χ0n) is 11.6. The molecule has 2 saturated heterocycles. The Morgan fingerprint density at radius 1 is 1.11 bits per heavy atom. The van der Waals surface area contributed by atoms with Crippen LogP contribution in [-0.4, -0.2) is 32.3 Å². The molecule has 2 aliphatic rings. The van der Waals surface area contributed by atoms with Crippen LogP contribution in [0.3, 0.4) is 0 Å². The Hall–Kier alpha value is -1.06. The average Bonchev–Trinajstić information content (AvgIpc) is 3.01. The van der Waals surface area contributed by atoms with Crippen molar-refractivity contribution in [1.82, 2.24) is 5.32 Å². The Labute approximate surface area is 115 Å². The van der Waals surface area contributed by atoms with Crippen LogP contribution < -0.4 is 10.2 Å². The number of nitrogens with one attached hydrogen (secondary N) is 1. The summed E-state index contributed by atoms with van der Waals surface area (Å²) in [5.74, 6) is 0. The summed E-state index contributed by atoms with van der Waals surface area (Å²) in [5, 5.41) is 3.70. The van der Waals surface area contributed by atoms with Crippen molar-refractivity contribution in [2.24, 2.45) is 0 Å². The Bertz CT molecular complexity index is 395. The molecular formula is C16H24N2O. The summed E-state index contributed by atoms with van der Waals surface area (Å²) in [7, 11) is 0. The fraction of sp³-hybridized carbons (Fsp3) is 0.625. The van der Waals surface area contributed by atoms with Gasteiger partial charge in [0.1, 0.15) is 0 Å². The average molecular weight is 260 g/mol. The van der Waals surface area contributed by atoms with E-state index in [9.17, 15) is 0 Å². The Morgan fingerprint density at radius 3 is 2.63 bits per heavy atom. The van der Waals surface area contributed by atoms with E-state index in [1.54, 1.807) is 0 Å². The number of para-hydroxylation sites is 1. The molecule has 0 atom stereocenters. The lowest BCUT2D eigenvalue weighted by atomic mass is 10.1. The fourth-order valence-electron chi connectivity index (χ4n) is 3.08. The normalized spacial score (nSPS) is 20.9. The maximum absolute atomic E-state index is 5.41. The molecule has 3 nitrogen and oxygen atoms in total. The van der Waals surface area contributed by atoms with Gasteiger partial charge < -0.3 is 15.0 Å². The molecule has 0 spiro atoms. The number of rotatable bonds is 4.